The van der Waals surface area contributed by atoms with Gasteiger partial charge in [0.2, 0.25) is 10.5 Å². The van der Waals surface area contributed by atoms with Crippen molar-refractivity contribution in [1.29, 1.82) is 0 Å². The molecule has 7 nitrogen and oxygen atoms in total. The van der Waals surface area contributed by atoms with E-state index < -0.39 is 34.4 Å². The molecule has 0 spiro atoms. The molecule has 2 atom stereocenters. The van der Waals surface area contributed by atoms with E-state index in [1.807, 2.05) is 169 Å². The molecular weight excluding hydrogens is 726 g/mol. The van der Waals surface area contributed by atoms with Gasteiger partial charge in [-0.2, -0.15) is 0 Å². The minimum Gasteiger partial charge on any atom is -0.489 e. The minimum absolute atomic E-state index is 0.345. The number of aryl methyl sites for hydroxylation is 1. The highest BCUT2D eigenvalue weighted by molar-refractivity contribution is 6.31. The lowest BCUT2D eigenvalue weighted by molar-refractivity contribution is -0.115. The molecule has 5 aromatic rings. The zero-order valence-corrected chi connectivity index (χ0v) is 34.2. The minimum atomic E-state index is -1.44. The molecule has 5 rings (SSSR count). The van der Waals surface area contributed by atoms with E-state index in [-0.39, 0.29) is 0 Å². The number of rotatable bonds is 15. The Morgan fingerprint density at radius 2 is 1.31 bits per heavy atom. The van der Waals surface area contributed by atoms with E-state index in [2.05, 4.69) is 15.8 Å². The Hall–Kier alpha value is -4.60. The van der Waals surface area contributed by atoms with Crippen LogP contribution < -0.4 is 14.8 Å². The second kappa shape index (κ2) is 17.9. The summed E-state index contributed by atoms with van der Waals surface area (Å²) in [6, 6.07) is 42.2. The molecule has 1 amide bonds. The van der Waals surface area contributed by atoms with E-state index in [0.717, 1.165) is 11.1 Å². The smallest absolute Gasteiger partial charge is 0.408 e. The average Bonchev–Trinajstić information content (AvgIpc) is 3.15. The Balaban J connectivity index is 1.42. The van der Waals surface area contributed by atoms with E-state index >= 15 is 0 Å². The first-order valence-electron chi connectivity index (χ1n) is 18.5. The summed E-state index contributed by atoms with van der Waals surface area (Å²) in [5, 5.41) is 16.8. The number of amides is 1. The molecule has 5 aromatic carbocycles. The van der Waals surface area contributed by atoms with Crippen LogP contribution in [0.4, 0.5) is 4.79 Å². The number of carbonyl (C=O) groups is 1. The second-order valence-electron chi connectivity index (χ2n) is 15.8. The highest BCUT2D eigenvalue weighted by Crippen LogP contribution is 2.48. The standard InChI is InChI=1S/C46H51ClNO6Si/c1-43(2,3)45(48-42(50)53-44(4,5)6,41(49)46(54-55,35-21-12-8-13-22-35)36-23-14-9-15-24-36)29-17-20-34-27-28-39(31-40(34)47)52-38-26-16-25-37(30-38)51-32-33-18-10-7-11-19-33/h7-16,18-19,21-28,30-31,41,49H,17,20,29,32H2,1-6H3,(H,48,50). The van der Waals surface area contributed by atoms with Crippen molar-refractivity contribution in [2.24, 2.45) is 5.41 Å². The Morgan fingerprint density at radius 1 is 0.745 bits per heavy atom. The van der Waals surface area contributed by atoms with Crippen LogP contribution in [0.5, 0.6) is 17.2 Å². The number of carbonyl (C=O) groups excluding carboxylic acids is 1. The fraction of sp³-hybridized carbons (Fsp3) is 0.326. The Labute approximate surface area is 334 Å². The van der Waals surface area contributed by atoms with E-state index in [1.54, 1.807) is 6.07 Å². The lowest BCUT2D eigenvalue weighted by Crippen LogP contribution is -2.70. The van der Waals surface area contributed by atoms with Crippen molar-refractivity contribution in [2.45, 2.75) is 90.3 Å². The zero-order valence-electron chi connectivity index (χ0n) is 32.5. The van der Waals surface area contributed by atoms with Gasteiger partial charge in [-0.25, -0.2) is 4.79 Å². The number of hydrogen-bond acceptors (Lipinski definition) is 6. The number of aliphatic hydroxyl groups is 1. The maximum atomic E-state index is 13.8. The molecule has 0 aliphatic heterocycles. The maximum Gasteiger partial charge on any atom is 0.408 e. The number of hydrogen-bond donors (Lipinski definition) is 2. The summed E-state index contributed by atoms with van der Waals surface area (Å²) in [6.45, 7) is 11.9. The molecule has 55 heavy (non-hydrogen) atoms. The summed E-state index contributed by atoms with van der Waals surface area (Å²) in [5.74, 6) is 1.91. The summed E-state index contributed by atoms with van der Waals surface area (Å²) in [6.07, 6.45) is -0.515. The molecule has 3 radical (unpaired) electrons. The summed E-state index contributed by atoms with van der Waals surface area (Å²) in [4.78, 5) is 13.8. The fourth-order valence-corrected chi connectivity index (χ4v) is 7.57. The van der Waals surface area contributed by atoms with Gasteiger partial charge in [-0.1, -0.05) is 136 Å². The summed E-state index contributed by atoms with van der Waals surface area (Å²) in [5.41, 5.74) is -0.839. The van der Waals surface area contributed by atoms with E-state index in [1.165, 1.54) is 0 Å². The first kappa shape index (κ1) is 41.6. The number of aliphatic hydroxyl groups excluding tert-OH is 1. The summed E-state index contributed by atoms with van der Waals surface area (Å²) >= 11 is 6.89. The Kier molecular flexibility index (Phi) is 13.5. The van der Waals surface area contributed by atoms with Gasteiger partial charge < -0.3 is 29.1 Å². The van der Waals surface area contributed by atoms with Crippen LogP contribution >= 0.6 is 11.6 Å². The van der Waals surface area contributed by atoms with Gasteiger partial charge in [0.1, 0.15) is 41.2 Å². The van der Waals surface area contributed by atoms with Crippen LogP contribution in [-0.2, 0) is 27.8 Å². The molecule has 0 aromatic heterocycles. The molecule has 9 heteroatoms. The van der Waals surface area contributed by atoms with Gasteiger partial charge in [0.25, 0.3) is 0 Å². The average molecular weight is 777 g/mol. The fourth-order valence-electron chi connectivity index (χ4n) is 6.96. The van der Waals surface area contributed by atoms with Crippen molar-refractivity contribution in [3.05, 3.63) is 161 Å². The SMILES string of the molecule is CC(C)(C)OC(=O)NC(CCCc1ccc(Oc2cccc(OCc3ccccc3)c2)cc1Cl)(C(O)C(O[Si])(c1ccccc1)c1ccccc1)C(C)(C)C. The highest BCUT2D eigenvalue weighted by Gasteiger charge is 2.58. The van der Waals surface area contributed by atoms with Crippen LogP contribution in [0.3, 0.4) is 0 Å². The van der Waals surface area contributed by atoms with Gasteiger partial charge in [0.15, 0.2) is 0 Å². The largest absolute Gasteiger partial charge is 0.489 e. The van der Waals surface area contributed by atoms with Crippen LogP contribution in [0.1, 0.15) is 76.6 Å². The van der Waals surface area contributed by atoms with Gasteiger partial charge in [0, 0.05) is 11.1 Å². The molecule has 2 N–H and O–H groups in total. The lowest BCUT2D eigenvalue weighted by Gasteiger charge is -2.54. The molecule has 0 saturated heterocycles. The Morgan fingerprint density at radius 3 is 1.85 bits per heavy atom. The van der Waals surface area contributed by atoms with Crippen molar-refractivity contribution >= 4 is 28.2 Å². The summed E-state index contributed by atoms with van der Waals surface area (Å²) < 4.78 is 24.3. The second-order valence-corrected chi connectivity index (χ2v) is 16.4. The lowest BCUT2D eigenvalue weighted by atomic mass is 9.61. The topological polar surface area (TPSA) is 86.3 Å². The van der Waals surface area contributed by atoms with Gasteiger partial charge in [-0.3, -0.25) is 0 Å². The van der Waals surface area contributed by atoms with Crippen LogP contribution in [0, 0.1) is 5.41 Å². The third-order valence-corrected chi connectivity index (χ3v) is 10.5. The van der Waals surface area contributed by atoms with Gasteiger partial charge >= 0.3 is 6.09 Å². The third-order valence-electron chi connectivity index (χ3n) is 9.81. The van der Waals surface area contributed by atoms with Crippen molar-refractivity contribution in [3.63, 3.8) is 0 Å². The van der Waals surface area contributed by atoms with Crippen LogP contribution in [0.15, 0.2) is 133 Å². The molecule has 287 valence electrons. The zero-order chi connectivity index (χ0) is 39.7. The number of halogens is 1. The molecule has 2 unspecified atom stereocenters. The number of ether oxygens (including phenoxy) is 3. The van der Waals surface area contributed by atoms with Gasteiger partial charge in [-0.15, -0.1) is 0 Å². The third kappa shape index (κ3) is 10.2. The normalized spacial score (nSPS) is 13.7. The maximum absolute atomic E-state index is 13.8. The molecular formula is C46H51ClNO6Si. The first-order valence-corrected chi connectivity index (χ1v) is 19.3. The van der Waals surface area contributed by atoms with Crippen molar-refractivity contribution in [1.82, 2.24) is 5.32 Å². The molecule has 0 fully saturated rings. The monoisotopic (exact) mass is 776 g/mol. The predicted octanol–water partition coefficient (Wildman–Crippen LogP) is 10.7. The van der Waals surface area contributed by atoms with Gasteiger partial charge in [0.05, 0.1) is 5.54 Å². The van der Waals surface area contributed by atoms with Crippen LogP contribution in [-0.4, -0.2) is 38.9 Å². The molecule has 0 heterocycles. The van der Waals surface area contributed by atoms with E-state index in [4.69, 9.17) is 30.2 Å². The van der Waals surface area contributed by atoms with E-state index in [0.29, 0.717) is 59.3 Å². The van der Waals surface area contributed by atoms with Crippen molar-refractivity contribution in [2.75, 3.05) is 0 Å². The molecule has 0 aliphatic rings. The molecule has 0 aliphatic carbocycles. The Bertz CT molecular complexity index is 1940. The highest BCUT2D eigenvalue weighted by atomic mass is 35.5. The molecule has 0 saturated carbocycles. The molecule has 0 bridgehead atoms. The quantitative estimate of drug-likeness (QED) is 0.103. The van der Waals surface area contributed by atoms with Crippen LogP contribution in [0.2, 0.25) is 5.02 Å². The number of alkyl carbamates (subject to hydrolysis) is 1. The van der Waals surface area contributed by atoms with Crippen LogP contribution in [0.25, 0.3) is 0 Å². The number of nitrogens with one attached hydrogen (secondary N) is 1. The van der Waals surface area contributed by atoms with Gasteiger partial charge in [-0.05, 0) is 92.0 Å². The van der Waals surface area contributed by atoms with E-state index in [9.17, 15) is 9.90 Å². The van der Waals surface area contributed by atoms with Crippen molar-refractivity contribution in [3.8, 4) is 17.2 Å². The number of benzene rings is 5. The van der Waals surface area contributed by atoms with Crippen molar-refractivity contribution < 1.29 is 28.5 Å². The first-order chi connectivity index (χ1) is 26.2. The predicted molar refractivity (Wildman–Crippen MR) is 220 cm³/mol. The summed E-state index contributed by atoms with van der Waals surface area (Å²) in [7, 11) is 3.41.